The fraction of sp³-hybridized carbons (Fsp3) is 0.176. The summed E-state index contributed by atoms with van der Waals surface area (Å²) >= 11 is 0. The molecule has 2 aromatic carbocycles. The standard InChI is InChI=1S/C17H18N2O4/c1-11-3-2-4-13(9-11)18-17(23)19-15(16(21)22)10-12-5-7-14(20)8-6-12/h2-9,15,20H,10H2,1H3,(H,21,22)(H2,18,19,23). The van der Waals surface area contributed by atoms with Crippen LogP contribution in [0.5, 0.6) is 5.75 Å². The van der Waals surface area contributed by atoms with E-state index >= 15 is 0 Å². The highest BCUT2D eigenvalue weighted by atomic mass is 16.4. The van der Waals surface area contributed by atoms with E-state index in [1.165, 1.54) is 12.1 Å². The number of aryl methyl sites for hydroxylation is 1. The average Bonchev–Trinajstić information content (AvgIpc) is 2.48. The molecule has 23 heavy (non-hydrogen) atoms. The lowest BCUT2D eigenvalue weighted by molar-refractivity contribution is -0.139. The van der Waals surface area contributed by atoms with Gasteiger partial charge in [-0.05, 0) is 42.3 Å². The van der Waals surface area contributed by atoms with Crippen molar-refractivity contribution in [3.8, 4) is 5.75 Å². The van der Waals surface area contributed by atoms with Gasteiger partial charge < -0.3 is 20.8 Å². The minimum Gasteiger partial charge on any atom is -0.508 e. The van der Waals surface area contributed by atoms with Crippen molar-refractivity contribution >= 4 is 17.7 Å². The maximum atomic E-state index is 12.0. The first kappa shape index (κ1) is 16.4. The highest BCUT2D eigenvalue weighted by Gasteiger charge is 2.20. The lowest BCUT2D eigenvalue weighted by Crippen LogP contribution is -2.44. The van der Waals surface area contributed by atoms with Crippen molar-refractivity contribution in [2.24, 2.45) is 0 Å². The number of carboxylic acid groups (broad SMARTS) is 1. The molecule has 1 atom stereocenters. The van der Waals surface area contributed by atoms with E-state index in [-0.39, 0.29) is 12.2 Å². The SMILES string of the molecule is Cc1cccc(NC(=O)NC(Cc2ccc(O)cc2)C(=O)O)c1. The third-order valence-electron chi connectivity index (χ3n) is 3.26. The van der Waals surface area contributed by atoms with Crippen LogP contribution in [0.4, 0.5) is 10.5 Å². The van der Waals surface area contributed by atoms with E-state index < -0.39 is 18.0 Å². The normalized spacial score (nSPS) is 11.5. The molecule has 6 heteroatoms. The fourth-order valence-corrected chi connectivity index (χ4v) is 2.12. The summed E-state index contributed by atoms with van der Waals surface area (Å²) in [5, 5.41) is 23.5. The number of anilines is 1. The Balaban J connectivity index is 1.99. The molecule has 0 aliphatic heterocycles. The van der Waals surface area contributed by atoms with Crippen LogP contribution in [0.15, 0.2) is 48.5 Å². The average molecular weight is 314 g/mol. The third-order valence-corrected chi connectivity index (χ3v) is 3.26. The van der Waals surface area contributed by atoms with Gasteiger partial charge in [0.05, 0.1) is 0 Å². The van der Waals surface area contributed by atoms with Gasteiger partial charge in [0, 0.05) is 12.1 Å². The van der Waals surface area contributed by atoms with E-state index in [1.54, 1.807) is 30.3 Å². The number of hydrogen-bond donors (Lipinski definition) is 4. The van der Waals surface area contributed by atoms with E-state index in [0.29, 0.717) is 11.3 Å². The number of rotatable bonds is 5. The zero-order valence-electron chi connectivity index (χ0n) is 12.6. The quantitative estimate of drug-likeness (QED) is 0.681. The van der Waals surface area contributed by atoms with Gasteiger partial charge in [-0.2, -0.15) is 0 Å². The van der Waals surface area contributed by atoms with Crippen LogP contribution in [0.2, 0.25) is 0 Å². The first-order chi connectivity index (χ1) is 10.9. The van der Waals surface area contributed by atoms with Crippen molar-refractivity contribution in [1.82, 2.24) is 5.32 Å². The molecule has 0 heterocycles. The molecule has 0 spiro atoms. The first-order valence-corrected chi connectivity index (χ1v) is 7.09. The Labute approximate surface area is 133 Å². The third kappa shape index (κ3) is 5.03. The summed E-state index contributed by atoms with van der Waals surface area (Å²) in [6, 6.07) is 11.7. The topological polar surface area (TPSA) is 98.7 Å². The number of aromatic hydroxyl groups is 1. The molecule has 0 bridgehead atoms. The molecule has 0 saturated heterocycles. The maximum absolute atomic E-state index is 12.0. The van der Waals surface area contributed by atoms with E-state index in [9.17, 15) is 19.8 Å². The number of carboxylic acids is 1. The van der Waals surface area contributed by atoms with Crippen LogP contribution < -0.4 is 10.6 Å². The van der Waals surface area contributed by atoms with Crippen molar-refractivity contribution in [3.05, 3.63) is 59.7 Å². The number of benzene rings is 2. The molecule has 1 unspecified atom stereocenters. The van der Waals surface area contributed by atoms with Crippen molar-refractivity contribution in [1.29, 1.82) is 0 Å². The monoisotopic (exact) mass is 314 g/mol. The Hall–Kier alpha value is -3.02. The van der Waals surface area contributed by atoms with Crippen LogP contribution >= 0.6 is 0 Å². The molecule has 0 aliphatic carbocycles. The largest absolute Gasteiger partial charge is 0.508 e. The molecular formula is C17H18N2O4. The number of urea groups is 1. The van der Waals surface area contributed by atoms with Gasteiger partial charge in [-0.1, -0.05) is 24.3 Å². The molecule has 2 aromatic rings. The zero-order valence-corrected chi connectivity index (χ0v) is 12.6. The number of hydrogen-bond acceptors (Lipinski definition) is 3. The number of carbonyl (C=O) groups is 2. The second-order valence-electron chi connectivity index (χ2n) is 5.23. The van der Waals surface area contributed by atoms with Crippen LogP contribution in [-0.4, -0.2) is 28.3 Å². The highest BCUT2D eigenvalue weighted by Crippen LogP contribution is 2.12. The number of aliphatic carboxylic acids is 1. The Morgan fingerprint density at radius 2 is 1.83 bits per heavy atom. The lowest BCUT2D eigenvalue weighted by Gasteiger charge is -2.15. The molecule has 0 aliphatic rings. The van der Waals surface area contributed by atoms with Crippen LogP contribution in [0, 0.1) is 6.92 Å². The first-order valence-electron chi connectivity index (χ1n) is 7.09. The molecule has 4 N–H and O–H groups in total. The maximum Gasteiger partial charge on any atom is 0.326 e. The molecule has 2 rings (SSSR count). The van der Waals surface area contributed by atoms with Gasteiger partial charge in [-0.25, -0.2) is 9.59 Å². The molecule has 0 saturated carbocycles. The minimum absolute atomic E-state index is 0.103. The molecule has 0 fully saturated rings. The summed E-state index contributed by atoms with van der Waals surface area (Å²) in [6.45, 7) is 1.90. The molecular weight excluding hydrogens is 296 g/mol. The van der Waals surface area contributed by atoms with Crippen molar-refractivity contribution < 1.29 is 19.8 Å². The zero-order chi connectivity index (χ0) is 16.8. The molecule has 0 radical (unpaired) electrons. The van der Waals surface area contributed by atoms with Gasteiger partial charge in [-0.3, -0.25) is 0 Å². The van der Waals surface area contributed by atoms with Crippen LogP contribution in [0.25, 0.3) is 0 Å². The number of carbonyl (C=O) groups excluding carboxylic acids is 1. The van der Waals surface area contributed by atoms with E-state index in [0.717, 1.165) is 5.56 Å². The van der Waals surface area contributed by atoms with Crippen LogP contribution in [-0.2, 0) is 11.2 Å². The summed E-state index contributed by atoms with van der Waals surface area (Å²) in [5.41, 5.74) is 2.28. The van der Waals surface area contributed by atoms with Crippen LogP contribution in [0.3, 0.4) is 0 Å². The Morgan fingerprint density at radius 3 is 2.43 bits per heavy atom. The minimum atomic E-state index is -1.13. The molecule has 0 aromatic heterocycles. The van der Waals surface area contributed by atoms with Crippen molar-refractivity contribution in [2.75, 3.05) is 5.32 Å². The van der Waals surface area contributed by atoms with Gasteiger partial charge in [0.15, 0.2) is 0 Å². The van der Waals surface area contributed by atoms with Crippen LogP contribution in [0.1, 0.15) is 11.1 Å². The predicted octanol–water partition coefficient (Wildman–Crippen LogP) is 2.52. The Bertz CT molecular complexity index is 698. The molecule has 2 amide bonds. The van der Waals surface area contributed by atoms with Gasteiger partial charge in [-0.15, -0.1) is 0 Å². The van der Waals surface area contributed by atoms with Crippen molar-refractivity contribution in [2.45, 2.75) is 19.4 Å². The highest BCUT2D eigenvalue weighted by molar-refractivity contribution is 5.92. The number of nitrogens with one attached hydrogen (secondary N) is 2. The smallest absolute Gasteiger partial charge is 0.326 e. The second-order valence-corrected chi connectivity index (χ2v) is 5.23. The Morgan fingerprint density at radius 1 is 1.13 bits per heavy atom. The van der Waals surface area contributed by atoms with E-state index in [4.69, 9.17) is 0 Å². The van der Waals surface area contributed by atoms with Gasteiger partial charge in [0.2, 0.25) is 0 Å². The Kier molecular flexibility index (Phi) is 5.19. The summed E-state index contributed by atoms with van der Waals surface area (Å²) in [6.07, 6.45) is 0.122. The number of phenolic OH excluding ortho intramolecular Hbond substituents is 1. The summed E-state index contributed by atoms with van der Waals surface area (Å²) < 4.78 is 0. The lowest BCUT2D eigenvalue weighted by atomic mass is 10.1. The number of amides is 2. The molecule has 120 valence electrons. The van der Waals surface area contributed by atoms with Gasteiger partial charge in [0.25, 0.3) is 0 Å². The second kappa shape index (κ2) is 7.31. The van der Waals surface area contributed by atoms with Gasteiger partial charge in [0.1, 0.15) is 11.8 Å². The number of phenols is 1. The van der Waals surface area contributed by atoms with E-state index in [2.05, 4.69) is 10.6 Å². The summed E-state index contributed by atoms with van der Waals surface area (Å²) in [7, 11) is 0. The summed E-state index contributed by atoms with van der Waals surface area (Å²) in [5.74, 6) is -1.02. The predicted molar refractivity (Wildman–Crippen MR) is 86.6 cm³/mol. The van der Waals surface area contributed by atoms with E-state index in [1.807, 2.05) is 13.0 Å². The molecule has 6 nitrogen and oxygen atoms in total. The summed E-state index contributed by atoms with van der Waals surface area (Å²) in [4.78, 5) is 23.3. The fourth-order valence-electron chi connectivity index (χ4n) is 2.12. The van der Waals surface area contributed by atoms with Gasteiger partial charge >= 0.3 is 12.0 Å². The van der Waals surface area contributed by atoms with Crippen molar-refractivity contribution in [3.63, 3.8) is 0 Å².